The molecule has 0 aliphatic heterocycles. The molecule has 1 aromatic heterocycles. The van der Waals surface area contributed by atoms with Gasteiger partial charge in [-0.1, -0.05) is 25.7 Å². The maximum absolute atomic E-state index is 6.31. The van der Waals surface area contributed by atoms with Crippen molar-refractivity contribution in [1.29, 1.82) is 0 Å². The topological polar surface area (TPSA) is 21.3 Å². The highest BCUT2D eigenvalue weighted by Gasteiger charge is 2.40. The minimum atomic E-state index is -0.00644. The Balaban J connectivity index is 2.28. The Bertz CT molecular complexity index is 380. The molecule has 3 heteroatoms. The minimum absolute atomic E-state index is 0.00644. The van der Waals surface area contributed by atoms with Gasteiger partial charge < -0.3 is 10.1 Å². The van der Waals surface area contributed by atoms with Gasteiger partial charge in [0, 0.05) is 11.5 Å². The summed E-state index contributed by atoms with van der Waals surface area (Å²) in [7, 11) is 2.07. The van der Waals surface area contributed by atoms with Crippen LogP contribution >= 0.6 is 11.3 Å². The highest BCUT2D eigenvalue weighted by molar-refractivity contribution is 7.10. The van der Waals surface area contributed by atoms with Crippen LogP contribution in [-0.2, 0) is 4.74 Å². The average Bonchev–Trinajstić information content (AvgIpc) is 2.67. The fourth-order valence-electron chi connectivity index (χ4n) is 3.48. The number of hydrogen-bond acceptors (Lipinski definition) is 3. The second kappa shape index (κ2) is 6.87. The van der Waals surface area contributed by atoms with Crippen molar-refractivity contribution in [3.05, 3.63) is 21.9 Å². The summed E-state index contributed by atoms with van der Waals surface area (Å²) in [6.45, 7) is 5.11. The van der Waals surface area contributed by atoms with Crippen molar-refractivity contribution in [2.24, 2.45) is 0 Å². The van der Waals surface area contributed by atoms with Crippen LogP contribution in [-0.4, -0.2) is 19.3 Å². The molecule has 1 fully saturated rings. The summed E-state index contributed by atoms with van der Waals surface area (Å²) < 4.78 is 6.31. The molecule has 0 saturated heterocycles. The monoisotopic (exact) mass is 281 g/mol. The third-order valence-electron chi connectivity index (χ3n) is 4.28. The minimum Gasteiger partial charge on any atom is -0.373 e. The Morgan fingerprint density at radius 2 is 2.00 bits per heavy atom. The molecule has 0 amide bonds. The van der Waals surface area contributed by atoms with Crippen molar-refractivity contribution in [2.75, 3.05) is 13.7 Å². The highest BCUT2D eigenvalue weighted by Crippen LogP contribution is 2.41. The largest absolute Gasteiger partial charge is 0.373 e. The van der Waals surface area contributed by atoms with Crippen molar-refractivity contribution in [3.63, 3.8) is 0 Å². The third kappa shape index (κ3) is 3.39. The summed E-state index contributed by atoms with van der Waals surface area (Å²) in [5.41, 5.74) is 1.40. The number of thiophene rings is 1. The van der Waals surface area contributed by atoms with Crippen LogP contribution in [0.3, 0.4) is 0 Å². The van der Waals surface area contributed by atoms with Crippen molar-refractivity contribution >= 4 is 11.3 Å². The van der Waals surface area contributed by atoms with E-state index in [0.717, 1.165) is 6.61 Å². The molecular formula is C16H27NOS. The molecule has 0 bridgehead atoms. The highest BCUT2D eigenvalue weighted by atomic mass is 32.1. The zero-order chi connectivity index (χ0) is 13.7. The van der Waals surface area contributed by atoms with Gasteiger partial charge in [-0.25, -0.2) is 0 Å². The second-order valence-electron chi connectivity index (χ2n) is 5.62. The van der Waals surface area contributed by atoms with Crippen LogP contribution in [0.5, 0.6) is 0 Å². The maximum atomic E-state index is 6.31. The number of rotatable bonds is 5. The van der Waals surface area contributed by atoms with Gasteiger partial charge in [-0.2, -0.15) is 0 Å². The lowest BCUT2D eigenvalue weighted by molar-refractivity contribution is -0.0766. The smallest absolute Gasteiger partial charge is 0.0876 e. The molecule has 19 heavy (non-hydrogen) atoms. The van der Waals surface area contributed by atoms with Gasteiger partial charge in [-0.15, -0.1) is 11.3 Å². The average molecular weight is 281 g/mol. The quantitative estimate of drug-likeness (QED) is 0.805. The fraction of sp³-hybridized carbons (Fsp3) is 0.750. The van der Waals surface area contributed by atoms with E-state index < -0.39 is 0 Å². The van der Waals surface area contributed by atoms with Crippen LogP contribution in [0.15, 0.2) is 11.4 Å². The van der Waals surface area contributed by atoms with Crippen LogP contribution in [0, 0.1) is 6.92 Å². The lowest BCUT2D eigenvalue weighted by atomic mass is 9.83. The van der Waals surface area contributed by atoms with E-state index >= 15 is 0 Å². The second-order valence-corrected chi connectivity index (χ2v) is 6.74. The Morgan fingerprint density at radius 1 is 1.32 bits per heavy atom. The van der Waals surface area contributed by atoms with E-state index in [-0.39, 0.29) is 5.60 Å². The van der Waals surface area contributed by atoms with Crippen LogP contribution in [0.2, 0.25) is 0 Å². The van der Waals surface area contributed by atoms with Gasteiger partial charge in [0.15, 0.2) is 0 Å². The number of ether oxygens (including phenoxy) is 1. The Morgan fingerprint density at radius 3 is 2.47 bits per heavy atom. The molecule has 0 aromatic carbocycles. The molecule has 1 saturated carbocycles. The van der Waals surface area contributed by atoms with E-state index in [0.29, 0.717) is 6.04 Å². The summed E-state index contributed by atoms with van der Waals surface area (Å²) in [4.78, 5) is 1.38. The van der Waals surface area contributed by atoms with Crippen LogP contribution < -0.4 is 5.32 Å². The van der Waals surface area contributed by atoms with Gasteiger partial charge in [-0.05, 0) is 50.7 Å². The molecule has 1 aromatic rings. The summed E-state index contributed by atoms with van der Waals surface area (Å²) >= 11 is 1.84. The first kappa shape index (κ1) is 15.0. The number of hydrogen-bond donors (Lipinski definition) is 1. The SMILES string of the molecule is CCOC1(C(NC)c2csc(C)c2)CCCCCC1. The lowest BCUT2D eigenvalue weighted by Crippen LogP contribution is -2.44. The lowest BCUT2D eigenvalue weighted by Gasteiger charge is -2.40. The van der Waals surface area contributed by atoms with Crippen molar-refractivity contribution in [2.45, 2.75) is 64.0 Å². The van der Waals surface area contributed by atoms with E-state index in [1.54, 1.807) is 0 Å². The van der Waals surface area contributed by atoms with Crippen molar-refractivity contribution in [1.82, 2.24) is 5.32 Å². The molecular weight excluding hydrogens is 254 g/mol. The molecule has 1 aliphatic carbocycles. The van der Waals surface area contributed by atoms with E-state index in [2.05, 4.69) is 37.7 Å². The zero-order valence-corrected chi connectivity index (χ0v) is 13.3. The van der Waals surface area contributed by atoms with Gasteiger partial charge in [0.1, 0.15) is 0 Å². The molecule has 2 rings (SSSR count). The Kier molecular flexibility index (Phi) is 5.43. The number of aryl methyl sites for hydroxylation is 1. The molecule has 1 atom stereocenters. The maximum Gasteiger partial charge on any atom is 0.0876 e. The molecule has 108 valence electrons. The van der Waals surface area contributed by atoms with Crippen LogP contribution in [0.4, 0.5) is 0 Å². The predicted octanol–water partition coefficient (Wildman–Crippen LogP) is 4.45. The Hall–Kier alpha value is -0.380. The van der Waals surface area contributed by atoms with Crippen molar-refractivity contribution < 1.29 is 4.74 Å². The summed E-state index contributed by atoms with van der Waals surface area (Å²) in [6, 6.07) is 2.65. The van der Waals surface area contributed by atoms with Gasteiger partial charge in [-0.3, -0.25) is 0 Å². The first-order valence-corrected chi connectivity index (χ1v) is 8.46. The first-order valence-electron chi connectivity index (χ1n) is 7.58. The van der Waals surface area contributed by atoms with Crippen LogP contribution in [0.25, 0.3) is 0 Å². The number of nitrogens with one attached hydrogen (secondary N) is 1. The van der Waals surface area contributed by atoms with Gasteiger partial charge in [0.2, 0.25) is 0 Å². The van der Waals surface area contributed by atoms with Gasteiger partial charge in [0.25, 0.3) is 0 Å². The normalized spacial score (nSPS) is 21.0. The predicted molar refractivity (Wildman–Crippen MR) is 82.9 cm³/mol. The molecule has 0 radical (unpaired) electrons. The summed E-state index contributed by atoms with van der Waals surface area (Å²) in [6.07, 6.45) is 7.66. The van der Waals surface area contributed by atoms with E-state index in [9.17, 15) is 0 Å². The molecule has 1 N–H and O–H groups in total. The number of likely N-dealkylation sites (N-methyl/N-ethyl adjacent to an activating group) is 1. The standard InChI is InChI=1S/C16H27NOS/c1-4-18-16(9-7-5-6-8-10-16)15(17-3)14-11-13(2)19-12-14/h11-12,15,17H,4-10H2,1-3H3. The Labute approximate surface area is 121 Å². The summed E-state index contributed by atoms with van der Waals surface area (Å²) in [5, 5.41) is 5.83. The first-order chi connectivity index (χ1) is 9.22. The van der Waals surface area contributed by atoms with Gasteiger partial charge in [0.05, 0.1) is 11.6 Å². The van der Waals surface area contributed by atoms with E-state index in [1.807, 2.05) is 11.3 Å². The zero-order valence-electron chi connectivity index (χ0n) is 12.5. The molecule has 1 aliphatic rings. The summed E-state index contributed by atoms with van der Waals surface area (Å²) in [5.74, 6) is 0. The third-order valence-corrected chi connectivity index (χ3v) is 5.16. The fourth-order valence-corrected chi connectivity index (χ4v) is 4.21. The molecule has 1 heterocycles. The molecule has 2 nitrogen and oxygen atoms in total. The van der Waals surface area contributed by atoms with Crippen LogP contribution in [0.1, 0.15) is 61.9 Å². The molecule has 1 unspecified atom stereocenters. The molecule has 0 spiro atoms. The van der Waals surface area contributed by atoms with E-state index in [4.69, 9.17) is 4.74 Å². The van der Waals surface area contributed by atoms with E-state index in [1.165, 1.54) is 49.0 Å². The van der Waals surface area contributed by atoms with Crippen molar-refractivity contribution in [3.8, 4) is 0 Å². The van der Waals surface area contributed by atoms with Gasteiger partial charge >= 0.3 is 0 Å².